The maximum atomic E-state index is 11.4. The quantitative estimate of drug-likeness (QED) is 0.510. The van der Waals surface area contributed by atoms with Crippen LogP contribution >= 0.6 is 0 Å². The molecule has 0 spiro atoms. The first-order valence-corrected chi connectivity index (χ1v) is 12.9. The average Bonchev–Trinajstić information content (AvgIpc) is 2.75. The van der Waals surface area contributed by atoms with Crippen LogP contribution in [0, 0.1) is 5.92 Å². The molecule has 1 fully saturated rings. The first-order valence-electron chi connectivity index (χ1n) is 11.0. The summed E-state index contributed by atoms with van der Waals surface area (Å²) in [5.74, 6) is -0.980. The SMILES string of the molecule is CC(=O)O[C@@H]1C(O)O[C@@H](CO[Si](c2ccccc2)(c2ccccc2)C(C)(C)C)[C@H](C)[C@@H]1O. The Balaban J connectivity index is 1.94. The molecule has 0 bridgehead atoms. The summed E-state index contributed by atoms with van der Waals surface area (Å²) in [4.78, 5) is 11.4. The van der Waals surface area contributed by atoms with E-state index in [9.17, 15) is 15.0 Å². The molecule has 0 aromatic heterocycles. The van der Waals surface area contributed by atoms with Gasteiger partial charge in [-0.15, -0.1) is 0 Å². The Morgan fingerprint density at radius 3 is 1.94 bits per heavy atom. The molecule has 5 atom stereocenters. The number of rotatable bonds is 6. The summed E-state index contributed by atoms with van der Waals surface area (Å²) in [6, 6.07) is 20.5. The molecule has 0 aliphatic carbocycles. The minimum atomic E-state index is -2.78. The van der Waals surface area contributed by atoms with E-state index in [0.29, 0.717) is 0 Å². The van der Waals surface area contributed by atoms with Crippen molar-refractivity contribution < 1.29 is 28.9 Å². The molecule has 0 radical (unpaired) electrons. The van der Waals surface area contributed by atoms with E-state index in [1.165, 1.54) is 6.92 Å². The van der Waals surface area contributed by atoms with Gasteiger partial charge in [-0.2, -0.15) is 0 Å². The standard InChI is InChI=1S/C25H34O6Si/c1-17-21(31-24(28)23(22(17)27)30-18(2)26)16-29-32(25(3,4)5,19-12-8-6-9-13-19)20-14-10-7-11-15-20/h6-15,17,21-24,27-28H,16H2,1-5H3/t17-,21-,22-,23-,24?/m0/s1. The van der Waals surface area contributed by atoms with Gasteiger partial charge in [0.1, 0.15) is 6.10 Å². The first-order chi connectivity index (χ1) is 15.1. The smallest absolute Gasteiger partial charge is 0.303 e. The number of benzene rings is 2. The zero-order valence-electron chi connectivity index (χ0n) is 19.4. The fourth-order valence-corrected chi connectivity index (χ4v) is 9.12. The van der Waals surface area contributed by atoms with Gasteiger partial charge >= 0.3 is 5.97 Å². The van der Waals surface area contributed by atoms with Gasteiger partial charge in [0, 0.05) is 12.8 Å². The lowest BCUT2D eigenvalue weighted by Gasteiger charge is -2.46. The molecule has 7 heteroatoms. The molecule has 1 aliphatic rings. The topological polar surface area (TPSA) is 85.2 Å². The Labute approximate surface area is 191 Å². The van der Waals surface area contributed by atoms with Crippen molar-refractivity contribution >= 4 is 24.7 Å². The maximum Gasteiger partial charge on any atom is 0.303 e. The van der Waals surface area contributed by atoms with Crippen LogP contribution in [-0.4, -0.2) is 55.7 Å². The van der Waals surface area contributed by atoms with Gasteiger partial charge in [0.25, 0.3) is 8.32 Å². The van der Waals surface area contributed by atoms with Crippen molar-refractivity contribution in [2.45, 2.75) is 64.3 Å². The molecule has 3 rings (SSSR count). The second-order valence-corrected chi connectivity index (χ2v) is 13.8. The predicted octanol–water partition coefficient (Wildman–Crippen LogP) is 2.21. The molecule has 0 amide bonds. The van der Waals surface area contributed by atoms with Gasteiger partial charge in [0.15, 0.2) is 12.4 Å². The first kappa shape index (κ1) is 24.6. The highest BCUT2D eigenvalue weighted by molar-refractivity contribution is 6.99. The van der Waals surface area contributed by atoms with Crippen molar-refractivity contribution in [3.05, 3.63) is 60.7 Å². The lowest BCUT2D eigenvalue weighted by molar-refractivity contribution is -0.275. The van der Waals surface area contributed by atoms with Crippen LogP contribution < -0.4 is 10.4 Å². The predicted molar refractivity (Wildman–Crippen MR) is 125 cm³/mol. The van der Waals surface area contributed by atoms with Crippen molar-refractivity contribution in [3.63, 3.8) is 0 Å². The Morgan fingerprint density at radius 1 is 1.00 bits per heavy atom. The molecule has 0 saturated carbocycles. The van der Waals surface area contributed by atoms with Crippen molar-refractivity contribution in [2.24, 2.45) is 5.92 Å². The van der Waals surface area contributed by atoms with Crippen molar-refractivity contribution in [2.75, 3.05) is 6.61 Å². The van der Waals surface area contributed by atoms with E-state index in [1.54, 1.807) is 0 Å². The molecule has 1 unspecified atom stereocenters. The van der Waals surface area contributed by atoms with Gasteiger partial charge in [-0.25, -0.2) is 0 Å². The summed E-state index contributed by atoms with van der Waals surface area (Å²) in [7, 11) is -2.78. The van der Waals surface area contributed by atoms with Crippen LogP contribution in [0.2, 0.25) is 5.04 Å². The number of aliphatic hydroxyl groups excluding tert-OH is 2. The van der Waals surface area contributed by atoms with Gasteiger partial charge in [0.05, 0.1) is 12.7 Å². The second kappa shape index (κ2) is 9.85. The van der Waals surface area contributed by atoms with E-state index >= 15 is 0 Å². The number of aliphatic hydroxyl groups is 2. The average molecular weight is 459 g/mol. The van der Waals surface area contributed by atoms with Gasteiger partial charge in [-0.1, -0.05) is 88.4 Å². The highest BCUT2D eigenvalue weighted by Gasteiger charge is 2.52. The van der Waals surface area contributed by atoms with E-state index in [1.807, 2.05) is 43.3 Å². The zero-order chi connectivity index (χ0) is 23.5. The van der Waals surface area contributed by atoms with Crippen LogP contribution in [0.1, 0.15) is 34.6 Å². The Bertz CT molecular complexity index is 843. The van der Waals surface area contributed by atoms with Crippen LogP contribution in [0.15, 0.2) is 60.7 Å². The van der Waals surface area contributed by atoms with Crippen LogP contribution in [0.5, 0.6) is 0 Å². The molecular formula is C25H34O6Si. The molecule has 2 aromatic carbocycles. The molecule has 1 saturated heterocycles. The number of hydrogen-bond donors (Lipinski definition) is 2. The summed E-state index contributed by atoms with van der Waals surface area (Å²) < 4.78 is 17.7. The third-order valence-corrected chi connectivity index (χ3v) is 11.2. The zero-order valence-corrected chi connectivity index (χ0v) is 20.4. The van der Waals surface area contributed by atoms with Crippen molar-refractivity contribution in [3.8, 4) is 0 Å². The Hall–Kier alpha value is -2.03. The van der Waals surface area contributed by atoms with Gasteiger partial charge in [0.2, 0.25) is 0 Å². The van der Waals surface area contributed by atoms with Gasteiger partial charge in [-0.3, -0.25) is 4.79 Å². The van der Waals surface area contributed by atoms with Crippen LogP contribution in [0.4, 0.5) is 0 Å². The normalized spacial score (nSPS) is 26.5. The lowest BCUT2D eigenvalue weighted by Crippen LogP contribution is -2.67. The fourth-order valence-electron chi connectivity index (χ4n) is 4.55. The van der Waals surface area contributed by atoms with Crippen LogP contribution in [-0.2, 0) is 18.7 Å². The van der Waals surface area contributed by atoms with E-state index in [2.05, 4.69) is 45.0 Å². The highest BCUT2D eigenvalue weighted by Crippen LogP contribution is 2.38. The molecule has 174 valence electrons. The third kappa shape index (κ3) is 4.82. The van der Waals surface area contributed by atoms with Crippen molar-refractivity contribution in [1.82, 2.24) is 0 Å². The van der Waals surface area contributed by atoms with Gasteiger partial charge in [-0.05, 0) is 15.4 Å². The Morgan fingerprint density at radius 2 is 1.50 bits per heavy atom. The molecular weight excluding hydrogens is 424 g/mol. The summed E-state index contributed by atoms with van der Waals surface area (Å²) in [6.07, 6.45) is -4.16. The van der Waals surface area contributed by atoms with Crippen molar-refractivity contribution in [1.29, 1.82) is 0 Å². The van der Waals surface area contributed by atoms with E-state index in [0.717, 1.165) is 10.4 Å². The molecule has 1 aliphatic heterocycles. The molecule has 32 heavy (non-hydrogen) atoms. The molecule has 1 heterocycles. The minimum Gasteiger partial charge on any atom is -0.454 e. The lowest BCUT2D eigenvalue weighted by atomic mass is 9.91. The number of esters is 1. The monoisotopic (exact) mass is 458 g/mol. The number of ether oxygens (including phenoxy) is 2. The summed E-state index contributed by atoms with van der Waals surface area (Å²) in [5.41, 5.74) is 0. The van der Waals surface area contributed by atoms with Crippen LogP contribution in [0.25, 0.3) is 0 Å². The number of hydrogen-bond acceptors (Lipinski definition) is 6. The Kier molecular flexibility index (Phi) is 7.57. The largest absolute Gasteiger partial charge is 0.454 e. The highest BCUT2D eigenvalue weighted by atomic mass is 28.4. The molecule has 2 aromatic rings. The maximum absolute atomic E-state index is 11.4. The molecule has 2 N–H and O–H groups in total. The van der Waals surface area contributed by atoms with Gasteiger partial charge < -0.3 is 24.1 Å². The number of carbonyl (C=O) groups excluding carboxylic acids is 1. The summed E-state index contributed by atoms with van der Waals surface area (Å²) >= 11 is 0. The minimum absolute atomic E-state index is 0.190. The van der Waals surface area contributed by atoms with Crippen LogP contribution in [0.3, 0.4) is 0 Å². The van der Waals surface area contributed by atoms with E-state index < -0.39 is 44.8 Å². The van der Waals surface area contributed by atoms with E-state index in [-0.39, 0.29) is 11.6 Å². The summed E-state index contributed by atoms with van der Waals surface area (Å²) in [5, 5.41) is 23.2. The fraction of sp³-hybridized carbons (Fsp3) is 0.480. The number of carbonyl (C=O) groups is 1. The summed E-state index contributed by atoms with van der Waals surface area (Å²) in [6.45, 7) is 9.80. The van der Waals surface area contributed by atoms with E-state index in [4.69, 9.17) is 13.9 Å². The molecule has 6 nitrogen and oxygen atoms in total. The second-order valence-electron chi connectivity index (χ2n) is 9.46. The third-order valence-electron chi connectivity index (χ3n) is 6.24.